The summed E-state index contributed by atoms with van der Waals surface area (Å²) in [6.45, 7) is 5.10. The summed E-state index contributed by atoms with van der Waals surface area (Å²) in [6.07, 6.45) is -0.00509. The van der Waals surface area contributed by atoms with Gasteiger partial charge in [-0.3, -0.25) is 0 Å². The maximum atomic E-state index is 13.7. The monoisotopic (exact) mass is 319 g/mol. The second kappa shape index (κ2) is 6.97. The first kappa shape index (κ1) is 17.5. The van der Waals surface area contributed by atoms with E-state index in [-0.39, 0.29) is 30.4 Å². The van der Waals surface area contributed by atoms with Crippen molar-refractivity contribution in [2.75, 3.05) is 13.2 Å². The third-order valence-electron chi connectivity index (χ3n) is 2.61. The summed E-state index contributed by atoms with van der Waals surface area (Å²) >= 11 is 0. The zero-order valence-electron chi connectivity index (χ0n) is 12.1. The molecule has 0 bridgehead atoms. The minimum absolute atomic E-state index is 0.00509. The number of hydrogen-bond acceptors (Lipinski definition) is 5. The van der Waals surface area contributed by atoms with Crippen molar-refractivity contribution in [2.45, 2.75) is 31.8 Å². The van der Waals surface area contributed by atoms with Gasteiger partial charge in [0.05, 0.1) is 23.2 Å². The molecule has 1 aromatic rings. The van der Waals surface area contributed by atoms with E-state index in [2.05, 4.69) is 0 Å². The number of rotatable bonds is 6. The SMILES string of the molecule is Cc1c(F)cc(C(=O)OCCOC(C)C)cc1S(N)(=O)=O. The second-order valence-electron chi connectivity index (χ2n) is 4.68. The zero-order chi connectivity index (χ0) is 16.2. The molecule has 6 nitrogen and oxygen atoms in total. The van der Waals surface area contributed by atoms with Crippen LogP contribution in [0.3, 0.4) is 0 Å². The van der Waals surface area contributed by atoms with Gasteiger partial charge in [-0.1, -0.05) is 0 Å². The molecular weight excluding hydrogens is 301 g/mol. The first-order chi connectivity index (χ1) is 9.62. The molecule has 1 aromatic carbocycles. The topological polar surface area (TPSA) is 95.7 Å². The predicted octanol–water partition coefficient (Wildman–Crippen LogP) is 1.36. The lowest BCUT2D eigenvalue weighted by Crippen LogP contribution is -2.17. The highest BCUT2D eigenvalue weighted by Gasteiger charge is 2.19. The lowest BCUT2D eigenvalue weighted by molar-refractivity contribution is 0.0176. The average Bonchev–Trinajstić information content (AvgIpc) is 2.35. The molecule has 0 heterocycles. The molecule has 21 heavy (non-hydrogen) atoms. The molecule has 8 heteroatoms. The molecule has 118 valence electrons. The Hall–Kier alpha value is -1.51. The number of carbonyl (C=O) groups excluding carboxylic acids is 1. The third kappa shape index (κ3) is 5.07. The molecule has 0 fully saturated rings. The van der Waals surface area contributed by atoms with Crippen molar-refractivity contribution in [1.82, 2.24) is 0 Å². The van der Waals surface area contributed by atoms with Crippen LogP contribution in [0.4, 0.5) is 4.39 Å². The van der Waals surface area contributed by atoms with Crippen LogP contribution >= 0.6 is 0 Å². The highest BCUT2D eigenvalue weighted by Crippen LogP contribution is 2.20. The molecule has 0 aliphatic rings. The molecule has 0 unspecified atom stereocenters. The number of nitrogens with two attached hydrogens (primary N) is 1. The van der Waals surface area contributed by atoms with E-state index < -0.39 is 26.7 Å². The Bertz CT molecular complexity index is 628. The number of halogens is 1. The van der Waals surface area contributed by atoms with Crippen LogP contribution in [-0.4, -0.2) is 33.7 Å². The largest absolute Gasteiger partial charge is 0.460 e. The summed E-state index contributed by atoms with van der Waals surface area (Å²) in [5, 5.41) is 4.98. The first-order valence-electron chi connectivity index (χ1n) is 6.24. The number of ether oxygens (including phenoxy) is 2. The van der Waals surface area contributed by atoms with Crippen molar-refractivity contribution < 1.29 is 27.1 Å². The van der Waals surface area contributed by atoms with E-state index in [1.807, 2.05) is 13.8 Å². The normalized spacial score (nSPS) is 11.7. The number of benzene rings is 1. The van der Waals surface area contributed by atoms with Crippen molar-refractivity contribution in [3.63, 3.8) is 0 Å². The fourth-order valence-corrected chi connectivity index (χ4v) is 2.38. The number of esters is 1. The summed E-state index contributed by atoms with van der Waals surface area (Å²) in [6, 6.07) is 1.91. The van der Waals surface area contributed by atoms with E-state index in [9.17, 15) is 17.6 Å². The van der Waals surface area contributed by atoms with Gasteiger partial charge < -0.3 is 9.47 Å². The van der Waals surface area contributed by atoms with Gasteiger partial charge in [0.1, 0.15) is 12.4 Å². The van der Waals surface area contributed by atoms with Crippen LogP contribution in [0.2, 0.25) is 0 Å². The minimum atomic E-state index is -4.12. The summed E-state index contributed by atoms with van der Waals surface area (Å²) in [7, 11) is -4.12. The van der Waals surface area contributed by atoms with Crippen molar-refractivity contribution in [2.24, 2.45) is 5.14 Å². The highest BCUT2D eigenvalue weighted by atomic mass is 32.2. The maximum Gasteiger partial charge on any atom is 0.338 e. The van der Waals surface area contributed by atoms with Crippen molar-refractivity contribution in [3.05, 3.63) is 29.1 Å². The molecule has 0 amide bonds. The van der Waals surface area contributed by atoms with Crippen LogP contribution in [0.25, 0.3) is 0 Å². The molecule has 0 radical (unpaired) electrons. The fourth-order valence-electron chi connectivity index (χ4n) is 1.57. The van der Waals surface area contributed by atoms with E-state index in [1.54, 1.807) is 0 Å². The summed E-state index contributed by atoms with van der Waals surface area (Å²) in [5.41, 5.74) is -0.358. The Morgan fingerprint density at radius 2 is 1.95 bits per heavy atom. The molecule has 0 aliphatic heterocycles. The van der Waals surface area contributed by atoms with Crippen LogP contribution < -0.4 is 5.14 Å². The fraction of sp³-hybridized carbons (Fsp3) is 0.462. The number of hydrogen-bond donors (Lipinski definition) is 1. The molecule has 2 N–H and O–H groups in total. The van der Waals surface area contributed by atoms with Gasteiger partial charge in [0, 0.05) is 5.56 Å². The van der Waals surface area contributed by atoms with Crippen molar-refractivity contribution in [3.8, 4) is 0 Å². The van der Waals surface area contributed by atoms with Gasteiger partial charge in [-0.25, -0.2) is 22.7 Å². The quantitative estimate of drug-likeness (QED) is 0.631. The lowest BCUT2D eigenvalue weighted by Gasteiger charge is -2.10. The Kier molecular flexibility index (Phi) is 5.82. The van der Waals surface area contributed by atoms with Crippen molar-refractivity contribution in [1.29, 1.82) is 0 Å². The van der Waals surface area contributed by atoms with Gasteiger partial charge >= 0.3 is 5.97 Å². The van der Waals surface area contributed by atoms with E-state index in [0.717, 1.165) is 12.1 Å². The minimum Gasteiger partial charge on any atom is -0.460 e. The summed E-state index contributed by atoms with van der Waals surface area (Å²) in [4.78, 5) is 11.3. The Labute approximate surface area is 123 Å². The van der Waals surface area contributed by atoms with E-state index in [1.165, 1.54) is 6.92 Å². The van der Waals surface area contributed by atoms with Crippen LogP contribution in [0, 0.1) is 12.7 Å². The molecular formula is C13H18FNO5S. The van der Waals surface area contributed by atoms with Gasteiger partial charge in [-0.2, -0.15) is 0 Å². The van der Waals surface area contributed by atoms with Crippen LogP contribution in [0.1, 0.15) is 29.8 Å². The molecule has 0 aliphatic carbocycles. The third-order valence-corrected chi connectivity index (χ3v) is 3.64. The summed E-state index contributed by atoms with van der Waals surface area (Å²) < 4.78 is 46.4. The predicted molar refractivity (Wildman–Crippen MR) is 73.9 cm³/mol. The zero-order valence-corrected chi connectivity index (χ0v) is 12.9. The van der Waals surface area contributed by atoms with E-state index in [0.29, 0.717) is 0 Å². The number of sulfonamides is 1. The van der Waals surface area contributed by atoms with Crippen LogP contribution in [0.5, 0.6) is 0 Å². The van der Waals surface area contributed by atoms with Crippen molar-refractivity contribution >= 4 is 16.0 Å². The molecule has 0 atom stereocenters. The van der Waals surface area contributed by atoms with E-state index in [4.69, 9.17) is 14.6 Å². The van der Waals surface area contributed by atoms with E-state index >= 15 is 0 Å². The first-order valence-corrected chi connectivity index (χ1v) is 7.79. The number of carbonyl (C=O) groups is 1. The second-order valence-corrected chi connectivity index (χ2v) is 6.21. The Morgan fingerprint density at radius 1 is 1.33 bits per heavy atom. The average molecular weight is 319 g/mol. The van der Waals surface area contributed by atoms with Gasteiger partial charge in [0.15, 0.2) is 0 Å². The summed E-state index contributed by atoms with van der Waals surface area (Å²) in [5.74, 6) is -1.68. The van der Waals surface area contributed by atoms with Crippen LogP contribution in [0.15, 0.2) is 17.0 Å². The molecule has 0 saturated heterocycles. The molecule has 0 aromatic heterocycles. The molecule has 0 saturated carbocycles. The Balaban J connectivity index is 2.89. The highest BCUT2D eigenvalue weighted by molar-refractivity contribution is 7.89. The smallest absolute Gasteiger partial charge is 0.338 e. The van der Waals surface area contributed by atoms with Gasteiger partial charge in [0.25, 0.3) is 0 Å². The standard InChI is InChI=1S/C13H18FNO5S/c1-8(2)19-4-5-20-13(16)10-6-11(14)9(3)12(7-10)21(15,17)18/h6-8H,4-5H2,1-3H3,(H2,15,17,18). The lowest BCUT2D eigenvalue weighted by atomic mass is 10.1. The van der Waals surface area contributed by atoms with Crippen LogP contribution in [-0.2, 0) is 19.5 Å². The van der Waals surface area contributed by atoms with Gasteiger partial charge in [0.2, 0.25) is 10.0 Å². The number of primary sulfonamides is 1. The molecule has 1 rings (SSSR count). The van der Waals surface area contributed by atoms with Gasteiger partial charge in [-0.05, 0) is 32.9 Å². The maximum absolute atomic E-state index is 13.7. The molecule has 0 spiro atoms. The van der Waals surface area contributed by atoms with Gasteiger partial charge in [-0.15, -0.1) is 0 Å². The Morgan fingerprint density at radius 3 is 2.48 bits per heavy atom.